The van der Waals surface area contributed by atoms with Gasteiger partial charge in [0.15, 0.2) is 0 Å². The van der Waals surface area contributed by atoms with Crippen molar-refractivity contribution in [2.75, 3.05) is 11.9 Å². The standard InChI is InChI=1S/C25H28N4O2/c1-16-19-9-4-6-11-22(19)27-17(2)20(16)14-24(30)28-21-10-5-3-8-18(21)15-29-13-7-12-23(29)25(26)31/h3-6,8-11,23H,7,12-15H2,1-2H3,(H2,26,31)(H,28,30). The van der Waals surface area contributed by atoms with Crippen LogP contribution < -0.4 is 11.1 Å². The van der Waals surface area contributed by atoms with Crippen LogP contribution in [-0.4, -0.2) is 34.3 Å². The quantitative estimate of drug-likeness (QED) is 0.644. The van der Waals surface area contributed by atoms with Crippen LogP contribution in [0.2, 0.25) is 0 Å². The third-order valence-corrected chi connectivity index (χ3v) is 6.18. The fraction of sp³-hybridized carbons (Fsp3) is 0.320. The zero-order valence-corrected chi connectivity index (χ0v) is 18.0. The van der Waals surface area contributed by atoms with Gasteiger partial charge in [-0.05, 0) is 62.1 Å². The molecule has 3 N–H and O–H groups in total. The van der Waals surface area contributed by atoms with Crippen LogP contribution in [0.3, 0.4) is 0 Å². The number of primary amides is 1. The lowest BCUT2D eigenvalue weighted by molar-refractivity contribution is -0.122. The van der Waals surface area contributed by atoms with E-state index in [1.165, 1.54) is 0 Å². The molecule has 0 saturated carbocycles. The topological polar surface area (TPSA) is 88.3 Å². The van der Waals surface area contributed by atoms with Crippen molar-refractivity contribution < 1.29 is 9.59 Å². The molecule has 2 amide bonds. The van der Waals surface area contributed by atoms with E-state index < -0.39 is 0 Å². The monoisotopic (exact) mass is 416 g/mol. The third-order valence-electron chi connectivity index (χ3n) is 6.18. The van der Waals surface area contributed by atoms with Crippen molar-refractivity contribution in [1.29, 1.82) is 0 Å². The third kappa shape index (κ3) is 4.44. The molecule has 4 rings (SSSR count). The van der Waals surface area contributed by atoms with Crippen LogP contribution in [0.1, 0.15) is 35.2 Å². The van der Waals surface area contributed by atoms with E-state index in [-0.39, 0.29) is 24.3 Å². The number of aromatic nitrogens is 1. The van der Waals surface area contributed by atoms with Gasteiger partial charge < -0.3 is 11.1 Å². The van der Waals surface area contributed by atoms with Crippen molar-refractivity contribution in [2.24, 2.45) is 5.73 Å². The van der Waals surface area contributed by atoms with E-state index >= 15 is 0 Å². The zero-order valence-electron chi connectivity index (χ0n) is 18.0. The van der Waals surface area contributed by atoms with Gasteiger partial charge in [0, 0.05) is 23.3 Å². The summed E-state index contributed by atoms with van der Waals surface area (Å²) in [6.07, 6.45) is 2.00. The number of carbonyl (C=O) groups is 2. The van der Waals surface area contributed by atoms with Gasteiger partial charge in [0.05, 0.1) is 18.0 Å². The highest BCUT2D eigenvalue weighted by Crippen LogP contribution is 2.25. The summed E-state index contributed by atoms with van der Waals surface area (Å²) in [4.78, 5) is 31.5. The molecular weight excluding hydrogens is 388 g/mol. The molecule has 31 heavy (non-hydrogen) atoms. The first-order chi connectivity index (χ1) is 14.9. The van der Waals surface area contributed by atoms with Gasteiger partial charge in [-0.1, -0.05) is 36.4 Å². The van der Waals surface area contributed by atoms with E-state index in [1.807, 2.05) is 62.4 Å². The molecule has 1 atom stereocenters. The van der Waals surface area contributed by atoms with Crippen LogP contribution >= 0.6 is 0 Å². The first-order valence-electron chi connectivity index (χ1n) is 10.7. The second-order valence-electron chi connectivity index (χ2n) is 8.23. The van der Waals surface area contributed by atoms with Crippen molar-refractivity contribution >= 4 is 28.4 Å². The minimum atomic E-state index is -0.284. The largest absolute Gasteiger partial charge is 0.368 e. The lowest BCUT2D eigenvalue weighted by Crippen LogP contribution is -2.39. The molecule has 1 saturated heterocycles. The van der Waals surface area contributed by atoms with Crippen LogP contribution in [0.25, 0.3) is 10.9 Å². The Morgan fingerprint density at radius 1 is 1.13 bits per heavy atom. The highest BCUT2D eigenvalue weighted by Gasteiger charge is 2.29. The summed E-state index contributed by atoms with van der Waals surface area (Å²) in [5.74, 6) is -0.364. The van der Waals surface area contributed by atoms with E-state index in [4.69, 9.17) is 5.73 Å². The van der Waals surface area contributed by atoms with Crippen LogP contribution in [0.15, 0.2) is 48.5 Å². The van der Waals surface area contributed by atoms with Gasteiger partial charge >= 0.3 is 0 Å². The Bertz CT molecular complexity index is 1140. The number of carbonyl (C=O) groups excluding carboxylic acids is 2. The minimum Gasteiger partial charge on any atom is -0.368 e. The number of hydrogen-bond acceptors (Lipinski definition) is 4. The molecular formula is C25H28N4O2. The van der Waals surface area contributed by atoms with Crippen molar-refractivity contribution in [1.82, 2.24) is 9.88 Å². The summed E-state index contributed by atoms with van der Waals surface area (Å²) >= 11 is 0. The molecule has 1 aliphatic heterocycles. The van der Waals surface area contributed by atoms with Gasteiger partial charge in [-0.3, -0.25) is 19.5 Å². The van der Waals surface area contributed by atoms with E-state index in [0.717, 1.165) is 58.4 Å². The summed E-state index contributed by atoms with van der Waals surface area (Å²) in [5.41, 5.74) is 11.2. The molecule has 1 aromatic heterocycles. The first kappa shape index (κ1) is 21.0. The predicted molar refractivity (Wildman–Crippen MR) is 123 cm³/mol. The number of pyridine rings is 1. The maximum atomic E-state index is 13.0. The number of anilines is 1. The number of likely N-dealkylation sites (tertiary alicyclic amines) is 1. The van der Waals surface area contributed by atoms with Gasteiger partial charge in [0.2, 0.25) is 11.8 Å². The van der Waals surface area contributed by atoms with Crippen molar-refractivity contribution in [3.63, 3.8) is 0 Å². The molecule has 1 fully saturated rings. The molecule has 3 aromatic rings. The summed E-state index contributed by atoms with van der Waals surface area (Å²) < 4.78 is 0. The average Bonchev–Trinajstić information content (AvgIpc) is 3.21. The fourth-order valence-electron chi connectivity index (χ4n) is 4.52. The van der Waals surface area contributed by atoms with E-state index in [1.54, 1.807) is 0 Å². The van der Waals surface area contributed by atoms with Gasteiger partial charge in [0.25, 0.3) is 0 Å². The molecule has 0 spiro atoms. The Kier molecular flexibility index (Phi) is 6.00. The number of benzene rings is 2. The molecule has 2 heterocycles. The molecule has 1 aliphatic rings. The number of nitrogens with two attached hydrogens (primary N) is 1. The molecule has 1 unspecified atom stereocenters. The van der Waals surface area contributed by atoms with Crippen LogP contribution in [0, 0.1) is 13.8 Å². The number of para-hydroxylation sites is 2. The van der Waals surface area contributed by atoms with Crippen LogP contribution in [-0.2, 0) is 22.6 Å². The lowest BCUT2D eigenvalue weighted by atomic mass is 9.99. The lowest BCUT2D eigenvalue weighted by Gasteiger charge is -2.23. The summed E-state index contributed by atoms with van der Waals surface area (Å²) in [6.45, 7) is 5.41. The number of nitrogens with zero attached hydrogens (tertiary/aromatic N) is 2. The Morgan fingerprint density at radius 2 is 1.87 bits per heavy atom. The van der Waals surface area contributed by atoms with E-state index in [2.05, 4.69) is 15.2 Å². The normalized spacial score (nSPS) is 16.5. The van der Waals surface area contributed by atoms with E-state index in [9.17, 15) is 9.59 Å². The van der Waals surface area contributed by atoms with Crippen molar-refractivity contribution in [3.8, 4) is 0 Å². The highest BCUT2D eigenvalue weighted by molar-refractivity contribution is 5.94. The van der Waals surface area contributed by atoms with Gasteiger partial charge in [0.1, 0.15) is 0 Å². The molecule has 0 aliphatic carbocycles. The van der Waals surface area contributed by atoms with Gasteiger partial charge in [-0.2, -0.15) is 0 Å². The zero-order chi connectivity index (χ0) is 22.0. The second kappa shape index (κ2) is 8.86. The summed E-state index contributed by atoms with van der Waals surface area (Å²) in [6, 6.07) is 15.5. The molecule has 2 aromatic carbocycles. The molecule has 160 valence electrons. The fourth-order valence-corrected chi connectivity index (χ4v) is 4.52. The number of aryl methyl sites for hydroxylation is 2. The number of hydrogen-bond donors (Lipinski definition) is 2. The molecule has 0 bridgehead atoms. The Balaban J connectivity index is 1.52. The highest BCUT2D eigenvalue weighted by atomic mass is 16.2. The molecule has 6 heteroatoms. The minimum absolute atomic E-state index is 0.0800. The number of rotatable bonds is 6. The second-order valence-corrected chi connectivity index (χ2v) is 8.23. The number of fused-ring (bicyclic) bond motifs is 1. The Morgan fingerprint density at radius 3 is 2.68 bits per heavy atom. The average molecular weight is 417 g/mol. The van der Waals surface area contributed by atoms with Crippen molar-refractivity contribution in [2.45, 2.75) is 45.7 Å². The predicted octanol–water partition coefficient (Wildman–Crippen LogP) is 3.48. The summed E-state index contributed by atoms with van der Waals surface area (Å²) in [5, 5.41) is 4.14. The first-order valence-corrected chi connectivity index (χ1v) is 10.7. The van der Waals surface area contributed by atoms with Gasteiger partial charge in [-0.15, -0.1) is 0 Å². The number of amides is 2. The van der Waals surface area contributed by atoms with Crippen LogP contribution in [0.4, 0.5) is 5.69 Å². The number of nitrogens with one attached hydrogen (secondary N) is 1. The Hall–Kier alpha value is -3.25. The Labute approximate surface area is 182 Å². The maximum Gasteiger partial charge on any atom is 0.234 e. The van der Waals surface area contributed by atoms with E-state index in [0.29, 0.717) is 6.54 Å². The summed E-state index contributed by atoms with van der Waals surface area (Å²) in [7, 11) is 0. The van der Waals surface area contributed by atoms with Crippen molar-refractivity contribution in [3.05, 3.63) is 70.9 Å². The van der Waals surface area contributed by atoms with Gasteiger partial charge in [-0.25, -0.2) is 0 Å². The SMILES string of the molecule is Cc1nc2ccccc2c(C)c1CC(=O)Nc1ccccc1CN1CCCC1C(N)=O. The smallest absolute Gasteiger partial charge is 0.234 e. The maximum absolute atomic E-state index is 13.0. The molecule has 6 nitrogen and oxygen atoms in total. The van der Waals surface area contributed by atoms with Crippen LogP contribution in [0.5, 0.6) is 0 Å². The molecule has 0 radical (unpaired) electrons.